The van der Waals surface area contributed by atoms with E-state index in [-0.39, 0.29) is 23.2 Å². The van der Waals surface area contributed by atoms with Crippen molar-refractivity contribution in [2.45, 2.75) is 20.0 Å². The Morgan fingerprint density at radius 3 is 2.44 bits per heavy atom. The average molecular weight is 274 g/mol. The second-order valence-corrected chi connectivity index (χ2v) is 5.73. The number of nitrogens with zero attached hydrogens (tertiary/aromatic N) is 1. The van der Waals surface area contributed by atoms with Crippen molar-refractivity contribution < 1.29 is 18.1 Å². The van der Waals surface area contributed by atoms with E-state index in [0.29, 0.717) is 0 Å². The summed E-state index contributed by atoms with van der Waals surface area (Å²) < 4.78 is 29.9. The van der Waals surface area contributed by atoms with Gasteiger partial charge >= 0.3 is 0 Å². The molecule has 0 saturated carbocycles. The van der Waals surface area contributed by atoms with Crippen LogP contribution in [0.4, 0.5) is 11.4 Å². The van der Waals surface area contributed by atoms with Crippen molar-refractivity contribution in [3.05, 3.63) is 28.3 Å². The van der Waals surface area contributed by atoms with Gasteiger partial charge in [-0.1, -0.05) is 0 Å². The summed E-state index contributed by atoms with van der Waals surface area (Å²) in [5.41, 5.74) is 0.0153. The summed E-state index contributed by atoms with van der Waals surface area (Å²) in [6.45, 7) is 3.48. The molecule has 0 unspecified atom stereocenters. The lowest BCUT2D eigenvalue weighted by Gasteiger charge is -2.14. The van der Waals surface area contributed by atoms with Gasteiger partial charge in [-0.25, -0.2) is 8.42 Å². The number of sulfonamides is 1. The van der Waals surface area contributed by atoms with Crippen molar-refractivity contribution in [1.82, 2.24) is 0 Å². The van der Waals surface area contributed by atoms with Gasteiger partial charge in [-0.15, -0.1) is 0 Å². The van der Waals surface area contributed by atoms with Crippen LogP contribution in [-0.4, -0.2) is 25.7 Å². The molecule has 0 fully saturated rings. The molecule has 0 heterocycles. The number of nitro benzene ring substituents is 1. The van der Waals surface area contributed by atoms with E-state index in [1.807, 2.05) is 0 Å². The highest BCUT2D eigenvalue weighted by molar-refractivity contribution is 7.92. The van der Waals surface area contributed by atoms with Crippen molar-refractivity contribution in [3.8, 4) is 5.75 Å². The van der Waals surface area contributed by atoms with E-state index in [0.717, 1.165) is 6.26 Å². The number of rotatable bonds is 5. The summed E-state index contributed by atoms with van der Waals surface area (Å²) in [5.74, 6) is 0.129. The number of ether oxygens (including phenoxy) is 1. The molecule has 18 heavy (non-hydrogen) atoms. The van der Waals surface area contributed by atoms with Gasteiger partial charge < -0.3 is 4.74 Å². The normalized spacial score (nSPS) is 11.3. The van der Waals surface area contributed by atoms with Gasteiger partial charge in [0.1, 0.15) is 0 Å². The largest absolute Gasteiger partial charge is 0.489 e. The molecule has 0 spiro atoms. The molecule has 7 nitrogen and oxygen atoms in total. The second kappa shape index (κ2) is 5.21. The molecule has 0 aliphatic heterocycles. The van der Waals surface area contributed by atoms with Crippen LogP contribution in [0.5, 0.6) is 5.75 Å². The standard InChI is InChI=1S/C10H14N2O5S/c1-7(2)17-10-6-8(12(13)14)4-5-9(10)11-18(3,15)16/h4-7,11H,1-3H3. The van der Waals surface area contributed by atoms with Crippen molar-refractivity contribution in [2.75, 3.05) is 11.0 Å². The minimum absolute atomic E-state index is 0.129. The minimum Gasteiger partial charge on any atom is -0.489 e. The molecule has 0 radical (unpaired) electrons. The van der Waals surface area contributed by atoms with Crippen LogP contribution in [-0.2, 0) is 10.0 Å². The Balaban J connectivity index is 3.20. The van der Waals surface area contributed by atoms with Crippen molar-refractivity contribution in [1.29, 1.82) is 0 Å². The third-order valence-electron chi connectivity index (χ3n) is 1.83. The molecular weight excluding hydrogens is 260 g/mol. The fourth-order valence-corrected chi connectivity index (χ4v) is 1.83. The molecule has 0 atom stereocenters. The highest BCUT2D eigenvalue weighted by Crippen LogP contribution is 2.30. The Labute approximate surface area is 105 Å². The number of nitrogens with one attached hydrogen (secondary N) is 1. The molecule has 1 aromatic carbocycles. The SMILES string of the molecule is CC(C)Oc1cc([N+](=O)[O-])ccc1NS(C)(=O)=O. The average Bonchev–Trinajstić information content (AvgIpc) is 2.17. The van der Waals surface area contributed by atoms with Gasteiger partial charge in [0, 0.05) is 6.07 Å². The van der Waals surface area contributed by atoms with Crippen molar-refractivity contribution in [2.24, 2.45) is 0 Å². The summed E-state index contributed by atoms with van der Waals surface area (Å²) in [5, 5.41) is 10.6. The monoisotopic (exact) mass is 274 g/mol. The Kier molecular flexibility index (Phi) is 4.12. The Bertz CT molecular complexity index is 553. The van der Waals surface area contributed by atoms with Gasteiger partial charge in [0.15, 0.2) is 5.75 Å². The van der Waals surface area contributed by atoms with Crippen LogP contribution in [0.2, 0.25) is 0 Å². The number of nitro groups is 1. The fraction of sp³-hybridized carbons (Fsp3) is 0.400. The van der Waals surface area contributed by atoms with Gasteiger partial charge in [-0.3, -0.25) is 14.8 Å². The molecule has 1 aromatic rings. The van der Waals surface area contributed by atoms with E-state index >= 15 is 0 Å². The second-order valence-electron chi connectivity index (χ2n) is 3.98. The van der Waals surface area contributed by atoms with Crippen LogP contribution in [0.3, 0.4) is 0 Å². The quantitative estimate of drug-likeness (QED) is 0.651. The van der Waals surface area contributed by atoms with Crippen LogP contribution in [0.25, 0.3) is 0 Å². The first-order valence-corrected chi connectivity index (χ1v) is 7.01. The molecule has 1 N–H and O–H groups in total. The van der Waals surface area contributed by atoms with E-state index in [1.54, 1.807) is 13.8 Å². The summed E-state index contributed by atoms with van der Waals surface area (Å²) in [4.78, 5) is 10.1. The highest BCUT2D eigenvalue weighted by atomic mass is 32.2. The lowest BCUT2D eigenvalue weighted by atomic mass is 10.2. The fourth-order valence-electron chi connectivity index (χ4n) is 1.26. The number of non-ortho nitro benzene ring substituents is 1. The lowest BCUT2D eigenvalue weighted by Crippen LogP contribution is -2.13. The first-order valence-electron chi connectivity index (χ1n) is 5.12. The zero-order chi connectivity index (χ0) is 13.9. The van der Waals surface area contributed by atoms with E-state index < -0.39 is 14.9 Å². The summed E-state index contributed by atoms with van der Waals surface area (Å²) in [6.07, 6.45) is 0.764. The zero-order valence-electron chi connectivity index (χ0n) is 10.2. The van der Waals surface area contributed by atoms with E-state index in [2.05, 4.69) is 4.72 Å². The highest BCUT2D eigenvalue weighted by Gasteiger charge is 2.15. The van der Waals surface area contributed by atoms with Gasteiger partial charge in [-0.05, 0) is 19.9 Å². The Hall–Kier alpha value is -1.83. The number of hydrogen-bond acceptors (Lipinski definition) is 5. The number of anilines is 1. The van der Waals surface area contributed by atoms with E-state index in [4.69, 9.17) is 4.74 Å². The predicted octanol–water partition coefficient (Wildman–Crippen LogP) is 1.75. The van der Waals surface area contributed by atoms with E-state index in [1.165, 1.54) is 18.2 Å². The molecule has 0 aromatic heterocycles. The first-order chi connectivity index (χ1) is 8.19. The smallest absolute Gasteiger partial charge is 0.273 e. The van der Waals surface area contributed by atoms with Gasteiger partial charge in [0.05, 0.1) is 29.0 Å². The van der Waals surface area contributed by atoms with Crippen LogP contribution in [0.1, 0.15) is 13.8 Å². The zero-order valence-corrected chi connectivity index (χ0v) is 11.0. The van der Waals surface area contributed by atoms with Gasteiger partial charge in [-0.2, -0.15) is 0 Å². The molecular formula is C10H14N2O5S. The first kappa shape index (κ1) is 14.2. The van der Waals surface area contributed by atoms with Gasteiger partial charge in [0.25, 0.3) is 5.69 Å². The number of hydrogen-bond donors (Lipinski definition) is 1. The molecule has 0 amide bonds. The summed E-state index contributed by atoms with van der Waals surface area (Å²) in [6, 6.07) is 3.70. The van der Waals surface area contributed by atoms with E-state index in [9.17, 15) is 18.5 Å². The van der Waals surface area contributed by atoms with Crippen molar-refractivity contribution >= 4 is 21.4 Å². The van der Waals surface area contributed by atoms with Gasteiger partial charge in [0.2, 0.25) is 10.0 Å². The lowest BCUT2D eigenvalue weighted by molar-refractivity contribution is -0.384. The number of benzene rings is 1. The molecule has 0 aliphatic carbocycles. The minimum atomic E-state index is -3.47. The third-order valence-corrected chi connectivity index (χ3v) is 2.42. The topological polar surface area (TPSA) is 98.5 Å². The molecule has 100 valence electrons. The molecule has 0 aliphatic rings. The Morgan fingerprint density at radius 1 is 1.39 bits per heavy atom. The Morgan fingerprint density at radius 2 is 2.00 bits per heavy atom. The van der Waals surface area contributed by atoms with Crippen LogP contribution in [0, 0.1) is 10.1 Å². The van der Waals surface area contributed by atoms with Crippen LogP contribution >= 0.6 is 0 Å². The maximum absolute atomic E-state index is 11.2. The summed E-state index contributed by atoms with van der Waals surface area (Å²) in [7, 11) is -3.47. The maximum atomic E-state index is 11.2. The van der Waals surface area contributed by atoms with Crippen LogP contribution < -0.4 is 9.46 Å². The summed E-state index contributed by atoms with van der Waals surface area (Å²) >= 11 is 0. The molecule has 0 bridgehead atoms. The predicted molar refractivity (Wildman–Crippen MR) is 67.3 cm³/mol. The molecule has 0 saturated heterocycles. The third kappa shape index (κ3) is 4.21. The maximum Gasteiger partial charge on any atom is 0.273 e. The van der Waals surface area contributed by atoms with Crippen molar-refractivity contribution in [3.63, 3.8) is 0 Å². The van der Waals surface area contributed by atoms with Crippen LogP contribution in [0.15, 0.2) is 18.2 Å². The molecule has 8 heteroatoms. The molecule has 1 rings (SSSR count).